The van der Waals surface area contributed by atoms with E-state index >= 15 is 0 Å². The topological polar surface area (TPSA) is 57.0 Å². The van der Waals surface area contributed by atoms with E-state index < -0.39 is 5.60 Å². The predicted octanol–water partition coefficient (Wildman–Crippen LogP) is 1.40. The molecule has 1 fully saturated rings. The zero-order valence-corrected chi connectivity index (χ0v) is 9.93. The van der Waals surface area contributed by atoms with Crippen LogP contribution >= 0.6 is 0 Å². The quantitative estimate of drug-likeness (QED) is 0.711. The summed E-state index contributed by atoms with van der Waals surface area (Å²) in [5.74, 6) is -0.116. The third-order valence-corrected chi connectivity index (χ3v) is 3.29. The average Bonchev–Trinajstić information content (AvgIpc) is 2.75. The number of nitrogens with zero attached hydrogens (tertiary/aromatic N) is 3. The lowest BCUT2D eigenvalue weighted by Crippen LogP contribution is -2.46. The third kappa shape index (κ3) is 1.81. The fraction of sp³-hybridized carbons (Fsp3) is 0.727. The van der Waals surface area contributed by atoms with Crippen molar-refractivity contribution in [2.75, 3.05) is 0 Å². The Morgan fingerprint density at radius 1 is 1.56 bits per heavy atom. The fourth-order valence-electron chi connectivity index (χ4n) is 2.08. The summed E-state index contributed by atoms with van der Waals surface area (Å²) in [6.45, 7) is 6.83. The van der Waals surface area contributed by atoms with Crippen LogP contribution < -0.4 is 0 Å². The van der Waals surface area contributed by atoms with Gasteiger partial charge >= 0.3 is 5.97 Å². The lowest BCUT2D eigenvalue weighted by molar-refractivity contribution is -0.160. The highest BCUT2D eigenvalue weighted by atomic mass is 16.6. The second-order valence-corrected chi connectivity index (χ2v) is 5.31. The number of aromatic nitrogens is 3. The fourth-order valence-corrected chi connectivity index (χ4v) is 2.08. The Morgan fingerprint density at radius 3 is 2.75 bits per heavy atom. The van der Waals surface area contributed by atoms with Gasteiger partial charge in [-0.1, -0.05) is 20.8 Å². The molecule has 88 valence electrons. The van der Waals surface area contributed by atoms with Crippen molar-refractivity contribution in [1.29, 1.82) is 0 Å². The first kappa shape index (κ1) is 11.1. The molecule has 0 spiro atoms. The van der Waals surface area contributed by atoms with Gasteiger partial charge in [-0.05, 0) is 6.42 Å². The van der Waals surface area contributed by atoms with Crippen molar-refractivity contribution >= 4 is 5.97 Å². The highest BCUT2D eigenvalue weighted by Gasteiger charge is 2.50. The Labute approximate surface area is 94.8 Å². The largest absolute Gasteiger partial charge is 0.456 e. The molecule has 1 aliphatic heterocycles. The maximum Gasteiger partial charge on any atom is 0.306 e. The minimum absolute atomic E-state index is 0.106. The van der Waals surface area contributed by atoms with Crippen molar-refractivity contribution < 1.29 is 9.53 Å². The van der Waals surface area contributed by atoms with Crippen molar-refractivity contribution in [3.05, 3.63) is 12.7 Å². The Balaban J connectivity index is 2.26. The van der Waals surface area contributed by atoms with Crippen LogP contribution in [0.2, 0.25) is 0 Å². The van der Waals surface area contributed by atoms with Gasteiger partial charge in [-0.2, -0.15) is 5.10 Å². The Kier molecular flexibility index (Phi) is 2.48. The molecule has 0 saturated carbocycles. The van der Waals surface area contributed by atoms with Crippen LogP contribution in [0.4, 0.5) is 0 Å². The molecule has 0 aromatic carbocycles. The number of carbonyl (C=O) groups is 1. The first-order chi connectivity index (χ1) is 7.43. The van der Waals surface area contributed by atoms with E-state index in [9.17, 15) is 4.79 Å². The van der Waals surface area contributed by atoms with Gasteiger partial charge in [-0.25, -0.2) is 9.67 Å². The standard InChI is InChI=1S/C11H17N3O2/c1-10(2,3)11(5-4-9(15)16-11)6-14-8-12-7-13-14/h7-8H,4-6H2,1-3H3. The van der Waals surface area contributed by atoms with E-state index in [1.165, 1.54) is 6.33 Å². The molecule has 1 aromatic rings. The van der Waals surface area contributed by atoms with Crippen molar-refractivity contribution in [3.63, 3.8) is 0 Å². The molecule has 5 nitrogen and oxygen atoms in total. The smallest absolute Gasteiger partial charge is 0.306 e. The van der Waals surface area contributed by atoms with Gasteiger partial charge < -0.3 is 4.74 Å². The van der Waals surface area contributed by atoms with Gasteiger partial charge in [0.2, 0.25) is 0 Å². The van der Waals surface area contributed by atoms with E-state index in [4.69, 9.17) is 4.74 Å². The van der Waals surface area contributed by atoms with Crippen LogP contribution in [0.1, 0.15) is 33.6 Å². The molecule has 1 atom stereocenters. The summed E-state index contributed by atoms with van der Waals surface area (Å²) >= 11 is 0. The molecular weight excluding hydrogens is 206 g/mol. The molecule has 1 aromatic heterocycles. The minimum Gasteiger partial charge on any atom is -0.456 e. The molecule has 2 rings (SSSR count). The molecule has 5 heteroatoms. The normalized spacial score (nSPS) is 25.8. The maximum absolute atomic E-state index is 11.4. The van der Waals surface area contributed by atoms with E-state index in [2.05, 4.69) is 30.9 Å². The molecule has 0 aliphatic carbocycles. The Morgan fingerprint density at radius 2 is 2.31 bits per heavy atom. The molecule has 1 aliphatic rings. The maximum atomic E-state index is 11.4. The molecule has 0 amide bonds. The second kappa shape index (κ2) is 3.57. The van der Waals surface area contributed by atoms with Crippen LogP contribution in [0.25, 0.3) is 0 Å². The number of hydrogen-bond acceptors (Lipinski definition) is 4. The van der Waals surface area contributed by atoms with E-state index in [-0.39, 0.29) is 11.4 Å². The van der Waals surface area contributed by atoms with Crippen LogP contribution in [0.3, 0.4) is 0 Å². The minimum atomic E-state index is -0.461. The summed E-state index contributed by atoms with van der Waals surface area (Å²) in [6.07, 6.45) is 4.38. The number of esters is 1. The number of carbonyl (C=O) groups excluding carboxylic acids is 1. The highest BCUT2D eigenvalue weighted by Crippen LogP contribution is 2.43. The number of rotatable bonds is 2. The molecule has 1 saturated heterocycles. The van der Waals surface area contributed by atoms with Crippen LogP contribution in [0, 0.1) is 5.41 Å². The number of cyclic esters (lactones) is 1. The first-order valence-corrected chi connectivity index (χ1v) is 5.47. The molecule has 0 bridgehead atoms. The van der Waals surface area contributed by atoms with E-state index in [1.54, 1.807) is 11.0 Å². The van der Waals surface area contributed by atoms with E-state index in [0.29, 0.717) is 13.0 Å². The van der Waals surface area contributed by atoms with Crippen molar-refractivity contribution in [2.24, 2.45) is 5.41 Å². The average molecular weight is 223 g/mol. The van der Waals surface area contributed by atoms with Gasteiger partial charge in [-0.15, -0.1) is 0 Å². The SMILES string of the molecule is CC(C)(C)C1(Cn2cncn2)CCC(=O)O1. The Hall–Kier alpha value is -1.39. The molecule has 0 N–H and O–H groups in total. The summed E-state index contributed by atoms with van der Waals surface area (Å²) in [6, 6.07) is 0. The van der Waals surface area contributed by atoms with Crippen LogP contribution in [0.5, 0.6) is 0 Å². The summed E-state index contributed by atoms with van der Waals surface area (Å²) in [5, 5.41) is 4.08. The summed E-state index contributed by atoms with van der Waals surface area (Å²) in [4.78, 5) is 15.3. The van der Waals surface area contributed by atoms with Crippen LogP contribution in [0.15, 0.2) is 12.7 Å². The number of ether oxygens (including phenoxy) is 1. The van der Waals surface area contributed by atoms with Crippen molar-refractivity contribution in [2.45, 2.75) is 45.8 Å². The van der Waals surface area contributed by atoms with E-state index in [1.807, 2.05) is 0 Å². The van der Waals surface area contributed by atoms with Crippen LogP contribution in [-0.4, -0.2) is 26.3 Å². The number of hydrogen-bond donors (Lipinski definition) is 0. The molecule has 2 heterocycles. The Bertz CT molecular complexity index is 380. The van der Waals surface area contributed by atoms with Crippen molar-refractivity contribution in [3.8, 4) is 0 Å². The second-order valence-electron chi connectivity index (χ2n) is 5.31. The molecule has 1 unspecified atom stereocenters. The van der Waals surface area contributed by atoms with Crippen LogP contribution in [-0.2, 0) is 16.1 Å². The third-order valence-electron chi connectivity index (χ3n) is 3.29. The van der Waals surface area contributed by atoms with Gasteiger partial charge in [0.05, 0.1) is 6.54 Å². The zero-order chi connectivity index (χ0) is 11.8. The predicted molar refractivity (Wildman–Crippen MR) is 57.5 cm³/mol. The van der Waals surface area contributed by atoms with Gasteiger partial charge in [0.1, 0.15) is 18.3 Å². The highest BCUT2D eigenvalue weighted by molar-refractivity contribution is 5.72. The van der Waals surface area contributed by atoms with E-state index in [0.717, 1.165) is 6.42 Å². The summed E-state index contributed by atoms with van der Waals surface area (Å²) in [5.41, 5.74) is -0.567. The molecule has 16 heavy (non-hydrogen) atoms. The summed E-state index contributed by atoms with van der Waals surface area (Å²) in [7, 11) is 0. The molecule has 0 radical (unpaired) electrons. The lowest BCUT2D eigenvalue weighted by Gasteiger charge is -2.39. The van der Waals surface area contributed by atoms with Gasteiger partial charge in [-0.3, -0.25) is 4.79 Å². The zero-order valence-electron chi connectivity index (χ0n) is 9.93. The summed E-state index contributed by atoms with van der Waals surface area (Å²) < 4.78 is 7.29. The van der Waals surface area contributed by atoms with Crippen molar-refractivity contribution in [1.82, 2.24) is 14.8 Å². The molecular formula is C11H17N3O2. The monoisotopic (exact) mass is 223 g/mol. The lowest BCUT2D eigenvalue weighted by atomic mass is 9.74. The van der Waals surface area contributed by atoms with Gasteiger partial charge in [0.15, 0.2) is 0 Å². The first-order valence-electron chi connectivity index (χ1n) is 5.47. The van der Waals surface area contributed by atoms with Gasteiger partial charge in [0, 0.05) is 11.8 Å². The van der Waals surface area contributed by atoms with Gasteiger partial charge in [0.25, 0.3) is 0 Å².